The van der Waals surface area contributed by atoms with Gasteiger partial charge in [0, 0.05) is 59.9 Å². The van der Waals surface area contributed by atoms with Gasteiger partial charge in [0.15, 0.2) is 0 Å². The van der Waals surface area contributed by atoms with E-state index in [9.17, 15) is 33.9 Å². The number of benzene rings is 3. The van der Waals surface area contributed by atoms with E-state index in [4.69, 9.17) is 21.4 Å². The normalized spacial score (nSPS) is 15.5. The quantitative estimate of drug-likeness (QED) is 0.114. The highest BCUT2D eigenvalue weighted by molar-refractivity contribution is 6.41. The number of ether oxygens (including phenoxy) is 1. The molecule has 0 saturated carbocycles. The lowest BCUT2D eigenvalue weighted by molar-refractivity contribution is -0.149. The zero-order valence-corrected chi connectivity index (χ0v) is 30.8. The lowest BCUT2D eigenvalue weighted by atomic mass is 10.0. The molecule has 20 heteroatoms. The fraction of sp³-hybridized carbons (Fsp3) is 0.270. The molecule has 2 aliphatic rings. The van der Waals surface area contributed by atoms with Gasteiger partial charge in [0.2, 0.25) is 5.91 Å². The molecule has 19 nitrogen and oxygen atoms in total. The Kier molecular flexibility index (Phi) is 11.1. The first-order valence-corrected chi connectivity index (χ1v) is 18.1. The molecule has 2 aromatic heterocycles. The van der Waals surface area contributed by atoms with Crippen LogP contribution in [0.4, 0.5) is 21.9 Å². The number of halogens is 1. The number of anilines is 3. The average molecular weight is 799 g/mol. The topological polar surface area (TPSA) is 245 Å². The van der Waals surface area contributed by atoms with Crippen LogP contribution in [0.3, 0.4) is 0 Å². The van der Waals surface area contributed by atoms with Crippen molar-refractivity contribution in [2.24, 2.45) is 0 Å². The Hall–Kier alpha value is -6.86. The summed E-state index contributed by atoms with van der Waals surface area (Å²) in [5.74, 6) is -4.62. The number of urea groups is 1. The maximum atomic E-state index is 14.1. The Labute approximate surface area is 328 Å². The molecule has 7 rings (SSSR count). The van der Waals surface area contributed by atoms with Gasteiger partial charge in [0.1, 0.15) is 24.7 Å². The van der Waals surface area contributed by atoms with Gasteiger partial charge in [0.05, 0.1) is 17.5 Å². The number of piperidine rings is 1. The number of hydrogen-bond acceptors (Lipinski definition) is 10. The average Bonchev–Trinajstić information content (AvgIpc) is 3.89. The summed E-state index contributed by atoms with van der Waals surface area (Å²) in [6, 6.07) is 16.2. The maximum Gasteiger partial charge on any atom is 0.352 e. The zero-order chi connectivity index (χ0) is 40.2. The fourth-order valence-electron chi connectivity index (χ4n) is 6.81. The summed E-state index contributed by atoms with van der Waals surface area (Å²) >= 11 is 6.30. The highest BCUT2D eigenvalue weighted by Crippen LogP contribution is 2.30. The van der Waals surface area contributed by atoms with Gasteiger partial charge >= 0.3 is 29.8 Å². The van der Waals surface area contributed by atoms with Gasteiger partial charge < -0.3 is 45.3 Å². The van der Waals surface area contributed by atoms with Crippen molar-refractivity contribution >= 4 is 75.3 Å². The van der Waals surface area contributed by atoms with E-state index in [0.29, 0.717) is 70.2 Å². The van der Waals surface area contributed by atoms with Crippen LogP contribution in [-0.4, -0.2) is 126 Å². The van der Waals surface area contributed by atoms with Crippen LogP contribution >= 0.6 is 11.6 Å². The third-order valence-corrected chi connectivity index (χ3v) is 9.92. The summed E-state index contributed by atoms with van der Waals surface area (Å²) in [6.45, 7) is 0.357. The number of aromatic nitrogens is 5. The monoisotopic (exact) mass is 798 g/mol. The number of piperazine rings is 1. The third kappa shape index (κ3) is 8.68. The number of hydrogen-bond donors (Lipinski definition) is 5. The van der Waals surface area contributed by atoms with Gasteiger partial charge in [-0.25, -0.2) is 14.4 Å². The largest absolute Gasteiger partial charge is 0.480 e. The predicted octanol–water partition coefficient (Wildman–Crippen LogP) is 3.02. The standard InChI is InChI=1S/C37H35ClN10O9/c38-23-3-8-29(48-20-39-43-44-48)30(18-23)46-13-14-47(35(53)34(46)52)31(33(51)40-25-6-7-27-22(16-25)17-28(42-27)36(54)55)15-21-1-4-24(5-2-21)41-37(56)45-11-9-26(10-12-45)57-19-32(49)50/h1-8,16-18,20,26,31,42H,9-15,19H2,(H,40,51)(H,41,56)(H,49,50)(H,54,55)/t31-/m0/s1. The van der Waals surface area contributed by atoms with Gasteiger partial charge in [0.25, 0.3) is 0 Å². The summed E-state index contributed by atoms with van der Waals surface area (Å²) < 4.78 is 6.69. The van der Waals surface area contributed by atoms with Gasteiger partial charge in [-0.2, -0.15) is 4.68 Å². The fourth-order valence-corrected chi connectivity index (χ4v) is 6.98. The van der Waals surface area contributed by atoms with Crippen LogP contribution in [0.5, 0.6) is 0 Å². The molecule has 294 valence electrons. The SMILES string of the molecule is O=C(O)COC1CCN(C(=O)Nc2ccc(C[C@@H](C(=O)Nc3ccc4[nH]c(C(=O)O)cc4c3)N3CCN(c4cc(Cl)ccc4-n4cnnn4)C(=O)C3=O)cc2)CC1. The van der Waals surface area contributed by atoms with Gasteiger partial charge in [-0.05, 0) is 83.4 Å². The first-order valence-electron chi connectivity index (χ1n) is 17.7. The smallest absolute Gasteiger partial charge is 0.352 e. The molecule has 57 heavy (non-hydrogen) atoms. The van der Waals surface area contributed by atoms with Crippen LogP contribution < -0.4 is 15.5 Å². The van der Waals surface area contributed by atoms with E-state index in [2.05, 4.69) is 31.1 Å². The summed E-state index contributed by atoms with van der Waals surface area (Å²) in [7, 11) is 0. The van der Waals surface area contributed by atoms with E-state index in [0.717, 1.165) is 0 Å². The molecule has 1 atom stereocenters. The number of aromatic carboxylic acids is 1. The lowest BCUT2D eigenvalue weighted by Crippen LogP contribution is -2.60. The van der Waals surface area contributed by atoms with Crippen molar-refractivity contribution in [2.45, 2.75) is 31.4 Å². The summed E-state index contributed by atoms with van der Waals surface area (Å²) in [4.78, 5) is 84.1. The Morgan fingerprint density at radius 1 is 0.877 bits per heavy atom. The molecule has 4 heterocycles. The minimum atomic E-state index is -1.18. The highest BCUT2D eigenvalue weighted by atomic mass is 35.5. The number of aliphatic carboxylic acids is 1. The van der Waals surface area contributed by atoms with Crippen molar-refractivity contribution in [3.8, 4) is 5.69 Å². The first-order chi connectivity index (χ1) is 27.4. The number of carboxylic acid groups (broad SMARTS) is 2. The first kappa shape index (κ1) is 38.4. The van der Waals surface area contributed by atoms with E-state index in [1.165, 1.54) is 32.9 Å². The number of likely N-dealkylation sites (tertiary alicyclic amines) is 1. The Morgan fingerprint density at radius 2 is 1.63 bits per heavy atom. The van der Waals surface area contributed by atoms with Crippen LogP contribution in [0, 0.1) is 0 Å². The molecule has 5 aromatic rings. The summed E-state index contributed by atoms with van der Waals surface area (Å²) in [5, 5.41) is 36.0. The number of tetrazole rings is 1. The number of rotatable bonds is 12. The number of aromatic amines is 1. The van der Waals surface area contributed by atoms with Crippen molar-refractivity contribution in [2.75, 3.05) is 48.3 Å². The molecule has 5 amide bonds. The van der Waals surface area contributed by atoms with Crippen molar-refractivity contribution in [1.29, 1.82) is 0 Å². The van der Waals surface area contributed by atoms with Gasteiger partial charge in [-0.1, -0.05) is 23.7 Å². The molecular formula is C37H35ClN10O9. The lowest BCUT2D eigenvalue weighted by Gasteiger charge is -2.38. The zero-order valence-electron chi connectivity index (χ0n) is 30.0. The predicted molar refractivity (Wildman–Crippen MR) is 203 cm³/mol. The van der Waals surface area contributed by atoms with Crippen molar-refractivity contribution in [3.05, 3.63) is 89.3 Å². The van der Waals surface area contributed by atoms with Crippen molar-refractivity contribution < 1.29 is 43.7 Å². The van der Waals surface area contributed by atoms with Crippen LogP contribution in [0.1, 0.15) is 28.9 Å². The molecule has 2 aliphatic heterocycles. The highest BCUT2D eigenvalue weighted by Gasteiger charge is 2.41. The number of carbonyl (C=O) groups is 6. The van der Waals surface area contributed by atoms with E-state index in [1.54, 1.807) is 59.5 Å². The number of nitrogens with zero attached hydrogens (tertiary/aromatic N) is 7. The molecule has 0 aliphatic carbocycles. The number of carboxylic acids is 2. The number of amides is 5. The van der Waals surface area contributed by atoms with E-state index in [-0.39, 0.29) is 37.3 Å². The second kappa shape index (κ2) is 16.5. The maximum absolute atomic E-state index is 14.1. The van der Waals surface area contributed by atoms with Crippen LogP contribution in [0.15, 0.2) is 73.1 Å². The third-order valence-electron chi connectivity index (χ3n) is 9.68. The molecule has 5 N–H and O–H groups in total. The van der Waals surface area contributed by atoms with Crippen LogP contribution in [-0.2, 0) is 30.3 Å². The molecule has 0 radical (unpaired) electrons. The molecule has 0 spiro atoms. The molecule has 3 aromatic carbocycles. The number of H-pyrrole nitrogens is 1. The second-order valence-electron chi connectivity index (χ2n) is 13.4. The Morgan fingerprint density at radius 3 is 2.33 bits per heavy atom. The second-order valence-corrected chi connectivity index (χ2v) is 13.8. The Bertz CT molecular complexity index is 2340. The molecular weight excluding hydrogens is 764 g/mol. The minimum Gasteiger partial charge on any atom is -0.480 e. The van der Waals surface area contributed by atoms with Crippen LogP contribution in [0.25, 0.3) is 16.6 Å². The number of fused-ring (bicyclic) bond motifs is 1. The molecule has 0 unspecified atom stereocenters. The molecule has 0 bridgehead atoms. The minimum absolute atomic E-state index is 0.00496. The number of nitrogens with one attached hydrogen (secondary N) is 3. The molecule has 2 fully saturated rings. The van der Waals surface area contributed by atoms with Gasteiger partial charge in [-0.3, -0.25) is 14.4 Å². The van der Waals surface area contributed by atoms with E-state index < -0.39 is 42.3 Å². The summed E-state index contributed by atoms with van der Waals surface area (Å²) in [5.41, 5.74) is 2.66. The molecule has 2 saturated heterocycles. The van der Waals surface area contributed by atoms with E-state index in [1.807, 2.05) is 0 Å². The van der Waals surface area contributed by atoms with Crippen LogP contribution in [0.2, 0.25) is 5.02 Å². The van der Waals surface area contributed by atoms with E-state index >= 15 is 0 Å². The number of carbonyl (C=O) groups excluding carboxylic acids is 4. The van der Waals surface area contributed by atoms with Crippen molar-refractivity contribution in [3.63, 3.8) is 0 Å². The Balaban J connectivity index is 1.09. The summed E-state index contributed by atoms with van der Waals surface area (Å²) in [6.07, 6.45) is 2.09. The van der Waals surface area contributed by atoms with Crippen molar-refractivity contribution in [1.82, 2.24) is 35.0 Å². The van der Waals surface area contributed by atoms with Gasteiger partial charge in [-0.15, -0.1) is 5.10 Å².